The van der Waals surface area contributed by atoms with Gasteiger partial charge in [0, 0.05) is 19.0 Å². The molecule has 2 aliphatic rings. The number of hydrogen-bond acceptors (Lipinski definition) is 2. The average Bonchev–Trinajstić information content (AvgIpc) is 2.80. The first-order valence-electron chi connectivity index (χ1n) is 5.53. The monoisotopic (exact) mass is 191 g/mol. The Morgan fingerprint density at radius 1 is 1.36 bits per heavy atom. The van der Waals surface area contributed by atoms with Crippen LogP contribution < -0.4 is 5.73 Å². The van der Waals surface area contributed by atoms with Gasteiger partial charge in [-0.2, -0.15) is 5.10 Å². The maximum atomic E-state index is 5.76. The molecule has 1 aromatic heterocycles. The number of nitrogen functional groups attached to an aromatic ring is 1. The number of aromatic nitrogens is 2. The first-order chi connectivity index (χ1) is 6.74. The maximum Gasteiger partial charge on any atom is 0.121 e. The fourth-order valence-electron chi connectivity index (χ4n) is 2.56. The highest BCUT2D eigenvalue weighted by atomic mass is 15.3. The summed E-state index contributed by atoms with van der Waals surface area (Å²) in [6, 6.07) is 2.04. The Kier molecular flexibility index (Phi) is 1.64. The van der Waals surface area contributed by atoms with Gasteiger partial charge in [-0.1, -0.05) is 0 Å². The minimum atomic E-state index is 0.698. The van der Waals surface area contributed by atoms with E-state index < -0.39 is 0 Å². The predicted molar refractivity (Wildman–Crippen MR) is 55.8 cm³/mol. The van der Waals surface area contributed by atoms with E-state index in [0.29, 0.717) is 5.92 Å². The summed E-state index contributed by atoms with van der Waals surface area (Å²) in [4.78, 5) is 0. The minimum absolute atomic E-state index is 0.698. The third-order valence-electron chi connectivity index (χ3n) is 3.82. The Bertz CT molecular complexity index is 326. The van der Waals surface area contributed by atoms with Crippen molar-refractivity contribution in [2.45, 2.75) is 31.6 Å². The van der Waals surface area contributed by atoms with Gasteiger partial charge in [0.1, 0.15) is 5.82 Å². The molecule has 0 saturated heterocycles. The van der Waals surface area contributed by atoms with Gasteiger partial charge in [-0.15, -0.1) is 0 Å². The van der Waals surface area contributed by atoms with Crippen molar-refractivity contribution in [2.75, 3.05) is 5.73 Å². The molecular weight excluding hydrogens is 174 g/mol. The molecule has 2 N–H and O–H groups in total. The summed E-state index contributed by atoms with van der Waals surface area (Å²) in [5, 5.41) is 4.44. The van der Waals surface area contributed by atoms with E-state index in [4.69, 9.17) is 5.73 Å². The molecule has 0 bridgehead atoms. The van der Waals surface area contributed by atoms with Gasteiger partial charge in [0.15, 0.2) is 0 Å². The zero-order valence-electron chi connectivity index (χ0n) is 8.61. The number of hydrogen-bond donors (Lipinski definition) is 1. The molecule has 3 heteroatoms. The predicted octanol–water partition coefficient (Wildman–Crippen LogP) is 1.91. The molecule has 0 unspecified atom stereocenters. The number of anilines is 1. The lowest BCUT2D eigenvalue weighted by Crippen LogP contribution is -2.23. The van der Waals surface area contributed by atoms with E-state index in [-0.39, 0.29) is 0 Å². The number of aryl methyl sites for hydroxylation is 1. The molecular formula is C11H17N3. The van der Waals surface area contributed by atoms with Crippen molar-refractivity contribution < 1.29 is 0 Å². The maximum absolute atomic E-state index is 5.76. The van der Waals surface area contributed by atoms with Crippen molar-refractivity contribution in [3.8, 4) is 0 Å². The molecule has 0 aromatic carbocycles. The van der Waals surface area contributed by atoms with Crippen molar-refractivity contribution in [1.29, 1.82) is 0 Å². The standard InChI is InChI=1S/C11H17N3/c1-14-11(12)6-10(13-14)9-4-8(5-9)7-2-3-7/h6-9H,2-5,12H2,1H3. The van der Waals surface area contributed by atoms with Gasteiger partial charge in [0.25, 0.3) is 0 Å². The van der Waals surface area contributed by atoms with Gasteiger partial charge < -0.3 is 5.73 Å². The molecule has 76 valence electrons. The molecule has 2 fully saturated rings. The molecule has 0 aliphatic heterocycles. The van der Waals surface area contributed by atoms with Gasteiger partial charge in [-0.3, -0.25) is 4.68 Å². The second-order valence-electron chi connectivity index (χ2n) is 4.88. The Morgan fingerprint density at radius 3 is 2.57 bits per heavy atom. The zero-order chi connectivity index (χ0) is 9.71. The summed E-state index contributed by atoms with van der Waals surface area (Å²) in [6.45, 7) is 0. The molecule has 3 rings (SSSR count). The van der Waals surface area contributed by atoms with E-state index >= 15 is 0 Å². The van der Waals surface area contributed by atoms with Crippen LogP contribution in [-0.2, 0) is 7.05 Å². The van der Waals surface area contributed by atoms with Crippen LogP contribution >= 0.6 is 0 Å². The van der Waals surface area contributed by atoms with Crippen LogP contribution in [0.4, 0.5) is 5.82 Å². The van der Waals surface area contributed by atoms with Crippen LogP contribution in [-0.4, -0.2) is 9.78 Å². The van der Waals surface area contributed by atoms with Crippen molar-refractivity contribution in [1.82, 2.24) is 9.78 Å². The normalized spacial score (nSPS) is 31.5. The van der Waals surface area contributed by atoms with Gasteiger partial charge in [0.2, 0.25) is 0 Å². The van der Waals surface area contributed by atoms with Crippen LogP contribution in [0.2, 0.25) is 0 Å². The van der Waals surface area contributed by atoms with Crippen LogP contribution in [0.1, 0.15) is 37.3 Å². The lowest BCUT2D eigenvalue weighted by atomic mass is 9.71. The van der Waals surface area contributed by atoms with Crippen molar-refractivity contribution in [2.24, 2.45) is 18.9 Å². The van der Waals surface area contributed by atoms with E-state index in [2.05, 4.69) is 5.10 Å². The number of rotatable bonds is 2. The molecule has 0 radical (unpaired) electrons. The van der Waals surface area contributed by atoms with Gasteiger partial charge in [-0.05, 0) is 37.5 Å². The number of nitrogens with zero attached hydrogens (tertiary/aromatic N) is 2. The molecule has 3 nitrogen and oxygen atoms in total. The lowest BCUT2D eigenvalue weighted by Gasteiger charge is -2.34. The second kappa shape index (κ2) is 2.75. The molecule has 2 aliphatic carbocycles. The van der Waals surface area contributed by atoms with Crippen LogP contribution in [0, 0.1) is 11.8 Å². The van der Waals surface area contributed by atoms with E-state index in [1.165, 1.54) is 31.4 Å². The van der Waals surface area contributed by atoms with Crippen molar-refractivity contribution in [3.63, 3.8) is 0 Å². The minimum Gasteiger partial charge on any atom is -0.384 e. The lowest BCUT2D eigenvalue weighted by molar-refractivity contribution is 0.227. The Labute approximate surface area is 84.3 Å². The SMILES string of the molecule is Cn1nc(C2CC(C3CC3)C2)cc1N. The molecule has 0 amide bonds. The van der Waals surface area contributed by atoms with E-state index in [9.17, 15) is 0 Å². The summed E-state index contributed by atoms with van der Waals surface area (Å²) in [7, 11) is 1.91. The smallest absolute Gasteiger partial charge is 0.121 e. The second-order valence-corrected chi connectivity index (χ2v) is 4.88. The van der Waals surface area contributed by atoms with Gasteiger partial charge in [-0.25, -0.2) is 0 Å². The average molecular weight is 191 g/mol. The number of nitrogens with two attached hydrogens (primary N) is 1. The van der Waals surface area contributed by atoms with Crippen LogP contribution in [0.3, 0.4) is 0 Å². The quantitative estimate of drug-likeness (QED) is 0.776. The topological polar surface area (TPSA) is 43.8 Å². The fourth-order valence-corrected chi connectivity index (χ4v) is 2.56. The Morgan fingerprint density at radius 2 is 2.07 bits per heavy atom. The van der Waals surface area contributed by atoms with Crippen LogP contribution in [0.5, 0.6) is 0 Å². The van der Waals surface area contributed by atoms with Crippen molar-refractivity contribution in [3.05, 3.63) is 11.8 Å². The Hall–Kier alpha value is -0.990. The van der Waals surface area contributed by atoms with Crippen molar-refractivity contribution >= 4 is 5.82 Å². The third kappa shape index (κ3) is 1.22. The molecule has 1 heterocycles. The third-order valence-corrected chi connectivity index (χ3v) is 3.82. The first kappa shape index (κ1) is 8.33. The fraction of sp³-hybridized carbons (Fsp3) is 0.727. The van der Waals surface area contributed by atoms with Gasteiger partial charge >= 0.3 is 0 Å². The summed E-state index contributed by atoms with van der Waals surface area (Å²) < 4.78 is 1.78. The van der Waals surface area contributed by atoms with Gasteiger partial charge in [0.05, 0.1) is 5.69 Å². The molecule has 0 atom stereocenters. The molecule has 14 heavy (non-hydrogen) atoms. The summed E-state index contributed by atoms with van der Waals surface area (Å²) in [6.07, 6.45) is 5.64. The van der Waals surface area contributed by atoms with E-state index in [0.717, 1.165) is 17.7 Å². The molecule has 1 aromatic rings. The van der Waals surface area contributed by atoms with E-state index in [1.54, 1.807) is 4.68 Å². The molecule has 2 saturated carbocycles. The largest absolute Gasteiger partial charge is 0.384 e. The highest BCUT2D eigenvalue weighted by Gasteiger charge is 2.41. The first-order valence-corrected chi connectivity index (χ1v) is 5.53. The summed E-state index contributed by atoms with van der Waals surface area (Å²) in [5.41, 5.74) is 6.97. The molecule has 0 spiro atoms. The highest BCUT2D eigenvalue weighted by Crippen LogP contribution is 2.52. The summed E-state index contributed by atoms with van der Waals surface area (Å²) in [5.74, 6) is 3.55. The zero-order valence-corrected chi connectivity index (χ0v) is 8.61. The summed E-state index contributed by atoms with van der Waals surface area (Å²) >= 11 is 0. The van der Waals surface area contributed by atoms with Crippen LogP contribution in [0.25, 0.3) is 0 Å². The highest BCUT2D eigenvalue weighted by molar-refractivity contribution is 5.32. The Balaban J connectivity index is 1.67. The van der Waals surface area contributed by atoms with Crippen LogP contribution in [0.15, 0.2) is 6.07 Å². The van der Waals surface area contributed by atoms with E-state index in [1.807, 2.05) is 13.1 Å².